The van der Waals surface area contributed by atoms with Crippen LogP contribution in [0.3, 0.4) is 0 Å². The lowest BCUT2D eigenvalue weighted by molar-refractivity contribution is 0.0597. The van der Waals surface area contributed by atoms with Crippen LogP contribution in [0.1, 0.15) is 23.0 Å². The quantitative estimate of drug-likeness (QED) is 0.547. The van der Waals surface area contributed by atoms with Crippen LogP contribution in [0.5, 0.6) is 0 Å². The number of hydrogen-bond donors (Lipinski definition) is 1. The zero-order chi connectivity index (χ0) is 19.5. The van der Waals surface area contributed by atoms with Gasteiger partial charge in [-0.3, -0.25) is 9.80 Å². The molecule has 1 fully saturated rings. The fourth-order valence-corrected chi connectivity index (χ4v) is 4.26. The van der Waals surface area contributed by atoms with Crippen LogP contribution >= 0.6 is 0 Å². The zero-order valence-corrected chi connectivity index (χ0v) is 16.5. The molecule has 4 nitrogen and oxygen atoms in total. The van der Waals surface area contributed by atoms with Gasteiger partial charge in [-0.1, -0.05) is 72.8 Å². The summed E-state index contributed by atoms with van der Waals surface area (Å²) in [5, 5.41) is 0. The highest BCUT2D eigenvalue weighted by Gasteiger charge is 2.30. The van der Waals surface area contributed by atoms with Crippen LogP contribution in [0.15, 0.2) is 84.9 Å². The average molecular weight is 383 g/mol. The Balaban J connectivity index is 1.42. The van der Waals surface area contributed by atoms with Crippen molar-refractivity contribution < 1.29 is 0 Å². The Morgan fingerprint density at radius 3 is 2.14 bits per heavy atom. The van der Waals surface area contributed by atoms with Gasteiger partial charge in [0.05, 0.1) is 17.1 Å². The summed E-state index contributed by atoms with van der Waals surface area (Å²) in [6, 6.07) is 30.1. The summed E-state index contributed by atoms with van der Waals surface area (Å²) in [4.78, 5) is 13.6. The van der Waals surface area contributed by atoms with Crippen LogP contribution in [-0.2, 0) is 13.1 Å². The highest BCUT2D eigenvalue weighted by atomic mass is 15.3. The average Bonchev–Trinajstić information content (AvgIpc) is 3.20. The van der Waals surface area contributed by atoms with E-state index in [1.54, 1.807) is 0 Å². The molecule has 1 aromatic heterocycles. The number of imidazole rings is 1. The first kappa shape index (κ1) is 18.1. The molecule has 5 rings (SSSR count). The molecule has 0 amide bonds. The van der Waals surface area contributed by atoms with E-state index in [1.165, 1.54) is 11.1 Å². The Kier molecular flexibility index (Phi) is 5.11. The Morgan fingerprint density at radius 2 is 1.41 bits per heavy atom. The van der Waals surface area contributed by atoms with E-state index in [9.17, 15) is 0 Å². The molecule has 1 N–H and O–H groups in total. The van der Waals surface area contributed by atoms with Crippen LogP contribution < -0.4 is 0 Å². The number of hydrogen-bond acceptors (Lipinski definition) is 3. The molecule has 29 heavy (non-hydrogen) atoms. The third kappa shape index (κ3) is 4.09. The smallest absolute Gasteiger partial charge is 0.126 e. The first-order valence-corrected chi connectivity index (χ1v) is 10.3. The number of para-hydroxylation sites is 2. The maximum atomic E-state index is 4.95. The minimum absolute atomic E-state index is 0.250. The van der Waals surface area contributed by atoms with Gasteiger partial charge in [-0.15, -0.1) is 0 Å². The fraction of sp³-hybridized carbons (Fsp3) is 0.240. The fourth-order valence-electron chi connectivity index (χ4n) is 4.26. The summed E-state index contributed by atoms with van der Waals surface area (Å²) in [6.07, 6.45) is 0. The lowest BCUT2D eigenvalue weighted by Crippen LogP contribution is -2.47. The molecule has 0 aliphatic carbocycles. The normalized spacial score (nSPS) is 18.3. The molecule has 1 saturated heterocycles. The van der Waals surface area contributed by atoms with E-state index in [1.807, 2.05) is 0 Å². The van der Waals surface area contributed by atoms with E-state index < -0.39 is 0 Å². The number of aromatic nitrogens is 2. The number of benzene rings is 3. The van der Waals surface area contributed by atoms with Crippen molar-refractivity contribution >= 4 is 11.0 Å². The van der Waals surface area contributed by atoms with Gasteiger partial charge < -0.3 is 4.98 Å². The van der Waals surface area contributed by atoms with Gasteiger partial charge in [0.25, 0.3) is 0 Å². The molecule has 0 spiro atoms. The second-order valence-electron chi connectivity index (χ2n) is 7.83. The summed E-state index contributed by atoms with van der Waals surface area (Å²) in [7, 11) is 0. The molecule has 1 atom stereocenters. The van der Waals surface area contributed by atoms with Gasteiger partial charge in [-0.25, -0.2) is 4.98 Å². The maximum Gasteiger partial charge on any atom is 0.126 e. The lowest BCUT2D eigenvalue weighted by atomic mass is 10.1. The predicted molar refractivity (Wildman–Crippen MR) is 117 cm³/mol. The van der Waals surface area contributed by atoms with Crippen molar-refractivity contribution in [3.05, 3.63) is 102 Å². The number of piperazine rings is 1. The van der Waals surface area contributed by atoms with Gasteiger partial charge >= 0.3 is 0 Å². The monoisotopic (exact) mass is 382 g/mol. The summed E-state index contributed by atoms with van der Waals surface area (Å²) >= 11 is 0. The van der Waals surface area contributed by atoms with E-state index in [4.69, 9.17) is 4.98 Å². The summed E-state index contributed by atoms with van der Waals surface area (Å²) in [6.45, 7) is 5.00. The van der Waals surface area contributed by atoms with Crippen molar-refractivity contribution in [2.24, 2.45) is 0 Å². The number of nitrogens with zero attached hydrogens (tertiary/aromatic N) is 3. The number of rotatable bonds is 5. The number of H-pyrrole nitrogens is 1. The van der Waals surface area contributed by atoms with Crippen molar-refractivity contribution in [1.29, 1.82) is 0 Å². The topological polar surface area (TPSA) is 35.2 Å². The minimum Gasteiger partial charge on any atom is -0.341 e. The zero-order valence-electron chi connectivity index (χ0n) is 16.5. The van der Waals surface area contributed by atoms with Gasteiger partial charge in [0.15, 0.2) is 0 Å². The summed E-state index contributed by atoms with van der Waals surface area (Å²) in [5.74, 6) is 1.07. The Labute approximate surface area is 171 Å². The van der Waals surface area contributed by atoms with E-state index in [-0.39, 0.29) is 6.04 Å². The van der Waals surface area contributed by atoms with Crippen molar-refractivity contribution in [3.8, 4) is 0 Å². The standard InChI is InChI=1S/C25H26N4/c1-3-9-20(10-4-1)17-28-15-16-29(18-21-11-5-2-6-12-21)24(19-28)25-26-22-13-7-8-14-23(22)27-25/h1-14,24H,15-19H2,(H,26,27). The van der Waals surface area contributed by atoms with Crippen molar-refractivity contribution in [2.45, 2.75) is 19.1 Å². The SMILES string of the molecule is c1ccc(CN2CCN(Cc3ccccc3)C(c3nc4ccccc4[nH]3)C2)cc1. The molecule has 146 valence electrons. The van der Waals surface area contributed by atoms with Crippen LogP contribution in [0.2, 0.25) is 0 Å². The summed E-state index contributed by atoms with van der Waals surface area (Å²) < 4.78 is 0. The van der Waals surface area contributed by atoms with Crippen molar-refractivity contribution in [1.82, 2.24) is 19.8 Å². The van der Waals surface area contributed by atoms with Crippen LogP contribution in [-0.4, -0.2) is 39.4 Å². The van der Waals surface area contributed by atoms with Gasteiger partial charge in [0.1, 0.15) is 5.82 Å². The van der Waals surface area contributed by atoms with Crippen LogP contribution in [0.25, 0.3) is 11.0 Å². The summed E-state index contributed by atoms with van der Waals surface area (Å²) in [5.41, 5.74) is 4.88. The van der Waals surface area contributed by atoms with E-state index in [2.05, 4.69) is 99.7 Å². The minimum atomic E-state index is 0.250. The third-order valence-electron chi connectivity index (χ3n) is 5.78. The van der Waals surface area contributed by atoms with Crippen molar-refractivity contribution in [3.63, 3.8) is 0 Å². The first-order valence-electron chi connectivity index (χ1n) is 10.3. The molecular formula is C25H26N4. The van der Waals surface area contributed by atoms with E-state index in [0.717, 1.165) is 49.6 Å². The van der Waals surface area contributed by atoms with Crippen LogP contribution in [0.4, 0.5) is 0 Å². The lowest BCUT2D eigenvalue weighted by Gasteiger charge is -2.40. The number of fused-ring (bicyclic) bond motifs is 1. The molecule has 4 aromatic rings. The van der Waals surface area contributed by atoms with Gasteiger partial charge in [-0.2, -0.15) is 0 Å². The van der Waals surface area contributed by atoms with Crippen LogP contribution in [0, 0.1) is 0 Å². The Morgan fingerprint density at radius 1 is 0.759 bits per heavy atom. The second-order valence-corrected chi connectivity index (χ2v) is 7.83. The van der Waals surface area contributed by atoms with Crippen molar-refractivity contribution in [2.75, 3.05) is 19.6 Å². The molecule has 1 aliphatic rings. The molecule has 0 saturated carbocycles. The molecule has 1 unspecified atom stereocenters. The van der Waals surface area contributed by atoms with Gasteiger partial charge in [0.2, 0.25) is 0 Å². The molecule has 0 bridgehead atoms. The maximum absolute atomic E-state index is 4.95. The number of nitrogens with one attached hydrogen (secondary N) is 1. The Bertz CT molecular complexity index is 1020. The predicted octanol–water partition coefficient (Wildman–Crippen LogP) is 4.62. The highest BCUT2D eigenvalue weighted by molar-refractivity contribution is 5.74. The Hall–Kier alpha value is -2.95. The second kappa shape index (κ2) is 8.19. The molecule has 4 heteroatoms. The van der Waals surface area contributed by atoms with Gasteiger partial charge in [-0.05, 0) is 23.3 Å². The number of aromatic amines is 1. The van der Waals surface area contributed by atoms with E-state index >= 15 is 0 Å². The molecule has 3 aromatic carbocycles. The third-order valence-corrected chi connectivity index (χ3v) is 5.78. The first-order chi connectivity index (χ1) is 14.3. The molecular weight excluding hydrogens is 356 g/mol. The molecule has 2 heterocycles. The highest BCUT2D eigenvalue weighted by Crippen LogP contribution is 2.28. The van der Waals surface area contributed by atoms with Gasteiger partial charge in [0, 0.05) is 32.7 Å². The van der Waals surface area contributed by atoms with E-state index in [0.29, 0.717) is 0 Å². The largest absolute Gasteiger partial charge is 0.341 e. The molecule has 0 radical (unpaired) electrons. The molecule has 1 aliphatic heterocycles.